The molecular weight excluding hydrogens is 262 g/mol. The van der Waals surface area contributed by atoms with E-state index in [-0.39, 0.29) is 6.04 Å². The molecule has 1 rings (SSSR count). The first-order valence-electron chi connectivity index (χ1n) is 9.20. The number of aliphatic carboxylic acids is 1. The van der Waals surface area contributed by atoms with E-state index in [4.69, 9.17) is 5.11 Å². The molecule has 0 aromatic heterocycles. The fourth-order valence-electron chi connectivity index (χ4n) is 3.37. The monoisotopic (exact) mass is 297 g/mol. The standard InChI is InChI=1S/C18H35NO2/c1-2-3-4-5-6-7-8-9-10-11-12-16-13-14-19-17(15-16)18(20)21/h16-17,19H,2-15H2,1H3,(H,20,21). The van der Waals surface area contributed by atoms with E-state index in [9.17, 15) is 4.79 Å². The lowest BCUT2D eigenvalue weighted by molar-refractivity contribution is -0.140. The van der Waals surface area contributed by atoms with Crippen molar-refractivity contribution in [1.82, 2.24) is 5.32 Å². The van der Waals surface area contributed by atoms with Crippen molar-refractivity contribution < 1.29 is 9.90 Å². The number of unbranched alkanes of at least 4 members (excludes halogenated alkanes) is 9. The van der Waals surface area contributed by atoms with E-state index in [0.717, 1.165) is 19.4 Å². The number of rotatable bonds is 12. The molecule has 3 heteroatoms. The van der Waals surface area contributed by atoms with Crippen molar-refractivity contribution in [2.45, 2.75) is 96.4 Å². The summed E-state index contributed by atoms with van der Waals surface area (Å²) < 4.78 is 0. The van der Waals surface area contributed by atoms with Crippen LogP contribution in [0, 0.1) is 5.92 Å². The second-order valence-corrected chi connectivity index (χ2v) is 6.71. The Labute approximate surface area is 130 Å². The van der Waals surface area contributed by atoms with Crippen LogP contribution in [0.3, 0.4) is 0 Å². The Morgan fingerprint density at radius 2 is 1.57 bits per heavy atom. The van der Waals surface area contributed by atoms with Crippen LogP contribution in [0.2, 0.25) is 0 Å². The maximum Gasteiger partial charge on any atom is 0.320 e. The van der Waals surface area contributed by atoms with E-state index in [2.05, 4.69) is 12.2 Å². The Bertz CT molecular complexity index is 268. The van der Waals surface area contributed by atoms with Crippen LogP contribution >= 0.6 is 0 Å². The van der Waals surface area contributed by atoms with Gasteiger partial charge in [-0.25, -0.2) is 0 Å². The zero-order chi connectivity index (χ0) is 15.3. The second-order valence-electron chi connectivity index (χ2n) is 6.71. The number of piperidine rings is 1. The average Bonchev–Trinajstić information content (AvgIpc) is 2.49. The predicted molar refractivity (Wildman–Crippen MR) is 88.6 cm³/mol. The van der Waals surface area contributed by atoms with Gasteiger partial charge in [-0.15, -0.1) is 0 Å². The van der Waals surface area contributed by atoms with Gasteiger partial charge in [0.05, 0.1) is 0 Å². The molecule has 0 radical (unpaired) electrons. The lowest BCUT2D eigenvalue weighted by atomic mass is 9.88. The third-order valence-corrected chi connectivity index (χ3v) is 4.78. The summed E-state index contributed by atoms with van der Waals surface area (Å²) in [6.07, 6.45) is 16.9. The van der Waals surface area contributed by atoms with E-state index in [1.807, 2.05) is 0 Å². The van der Waals surface area contributed by atoms with Crippen LogP contribution < -0.4 is 5.32 Å². The minimum atomic E-state index is -0.678. The maximum atomic E-state index is 11.0. The molecule has 2 atom stereocenters. The molecule has 124 valence electrons. The summed E-state index contributed by atoms with van der Waals surface area (Å²) in [5.74, 6) is -0.0517. The largest absolute Gasteiger partial charge is 0.480 e. The molecule has 0 saturated carbocycles. The van der Waals surface area contributed by atoms with E-state index < -0.39 is 5.97 Å². The summed E-state index contributed by atoms with van der Waals surface area (Å²) in [5.41, 5.74) is 0. The van der Waals surface area contributed by atoms with Gasteiger partial charge in [-0.3, -0.25) is 4.79 Å². The van der Waals surface area contributed by atoms with Crippen molar-refractivity contribution in [2.24, 2.45) is 5.92 Å². The topological polar surface area (TPSA) is 49.3 Å². The Kier molecular flexibility index (Phi) is 10.6. The molecule has 2 N–H and O–H groups in total. The fourth-order valence-corrected chi connectivity index (χ4v) is 3.37. The molecule has 1 heterocycles. The first-order chi connectivity index (χ1) is 10.2. The highest BCUT2D eigenvalue weighted by Crippen LogP contribution is 2.23. The minimum absolute atomic E-state index is 0.299. The molecule has 2 unspecified atom stereocenters. The minimum Gasteiger partial charge on any atom is -0.480 e. The van der Waals surface area contributed by atoms with Crippen LogP contribution in [0.4, 0.5) is 0 Å². The van der Waals surface area contributed by atoms with Crippen molar-refractivity contribution in [3.05, 3.63) is 0 Å². The molecule has 0 bridgehead atoms. The summed E-state index contributed by atoms with van der Waals surface area (Å²) in [6.45, 7) is 3.14. The van der Waals surface area contributed by atoms with Gasteiger partial charge in [0.25, 0.3) is 0 Å². The number of carboxylic acids is 1. The van der Waals surface area contributed by atoms with Gasteiger partial charge in [0, 0.05) is 0 Å². The number of nitrogens with one attached hydrogen (secondary N) is 1. The third-order valence-electron chi connectivity index (χ3n) is 4.78. The van der Waals surface area contributed by atoms with Gasteiger partial charge in [0.15, 0.2) is 0 Å². The summed E-state index contributed by atoms with van der Waals surface area (Å²) in [6, 6.07) is -0.299. The molecule has 3 nitrogen and oxygen atoms in total. The van der Waals surface area contributed by atoms with Crippen molar-refractivity contribution in [3.63, 3.8) is 0 Å². The third kappa shape index (κ3) is 9.13. The van der Waals surface area contributed by atoms with Crippen LogP contribution in [0.15, 0.2) is 0 Å². The van der Waals surface area contributed by atoms with Gasteiger partial charge in [-0.05, 0) is 25.3 Å². The molecule has 1 aliphatic heterocycles. The highest BCUT2D eigenvalue weighted by Gasteiger charge is 2.25. The highest BCUT2D eigenvalue weighted by molar-refractivity contribution is 5.73. The Balaban J connectivity index is 1.89. The molecule has 0 aromatic rings. The first-order valence-corrected chi connectivity index (χ1v) is 9.20. The van der Waals surface area contributed by atoms with Gasteiger partial charge < -0.3 is 10.4 Å². The molecule has 1 fully saturated rings. The quantitative estimate of drug-likeness (QED) is 0.511. The predicted octanol–water partition coefficient (Wildman–Crippen LogP) is 4.75. The molecule has 1 saturated heterocycles. The van der Waals surface area contributed by atoms with Crippen molar-refractivity contribution in [1.29, 1.82) is 0 Å². The molecule has 0 spiro atoms. The van der Waals surface area contributed by atoms with Crippen LogP contribution in [-0.2, 0) is 4.79 Å². The van der Waals surface area contributed by atoms with Gasteiger partial charge >= 0.3 is 5.97 Å². The van der Waals surface area contributed by atoms with Crippen molar-refractivity contribution in [2.75, 3.05) is 6.54 Å². The Morgan fingerprint density at radius 1 is 1.00 bits per heavy atom. The second kappa shape index (κ2) is 12.0. The summed E-state index contributed by atoms with van der Waals surface area (Å²) in [7, 11) is 0. The molecule has 0 aromatic carbocycles. The molecule has 0 aliphatic carbocycles. The molecule has 21 heavy (non-hydrogen) atoms. The van der Waals surface area contributed by atoms with E-state index in [1.165, 1.54) is 70.6 Å². The Hall–Kier alpha value is -0.570. The van der Waals surface area contributed by atoms with Gasteiger partial charge in [-0.1, -0.05) is 77.6 Å². The van der Waals surface area contributed by atoms with Crippen LogP contribution in [0.5, 0.6) is 0 Å². The fraction of sp³-hybridized carbons (Fsp3) is 0.944. The lowest BCUT2D eigenvalue weighted by Crippen LogP contribution is -2.43. The smallest absolute Gasteiger partial charge is 0.320 e. The molecular formula is C18H35NO2. The summed E-state index contributed by atoms with van der Waals surface area (Å²) >= 11 is 0. The molecule has 0 amide bonds. The maximum absolute atomic E-state index is 11.0. The SMILES string of the molecule is CCCCCCCCCCCCC1CCNC(C(=O)O)C1. The van der Waals surface area contributed by atoms with Crippen LogP contribution in [0.25, 0.3) is 0 Å². The van der Waals surface area contributed by atoms with Gasteiger partial charge in [-0.2, -0.15) is 0 Å². The van der Waals surface area contributed by atoms with Gasteiger partial charge in [0.1, 0.15) is 6.04 Å². The molecule has 1 aliphatic rings. The summed E-state index contributed by atoms with van der Waals surface area (Å²) in [5, 5.41) is 12.1. The number of carboxylic acid groups (broad SMARTS) is 1. The Morgan fingerprint density at radius 3 is 2.14 bits per heavy atom. The highest BCUT2D eigenvalue weighted by atomic mass is 16.4. The number of hydrogen-bond acceptors (Lipinski definition) is 2. The lowest BCUT2D eigenvalue weighted by Gasteiger charge is -2.27. The van der Waals surface area contributed by atoms with Crippen molar-refractivity contribution in [3.8, 4) is 0 Å². The van der Waals surface area contributed by atoms with Gasteiger partial charge in [0.2, 0.25) is 0 Å². The van der Waals surface area contributed by atoms with Crippen LogP contribution in [-0.4, -0.2) is 23.7 Å². The zero-order valence-electron chi connectivity index (χ0n) is 13.9. The summed E-state index contributed by atoms with van der Waals surface area (Å²) in [4.78, 5) is 11.0. The first kappa shape index (κ1) is 18.5. The van der Waals surface area contributed by atoms with E-state index in [1.54, 1.807) is 0 Å². The van der Waals surface area contributed by atoms with E-state index in [0.29, 0.717) is 5.92 Å². The van der Waals surface area contributed by atoms with Crippen LogP contribution in [0.1, 0.15) is 90.4 Å². The number of carbonyl (C=O) groups is 1. The zero-order valence-corrected chi connectivity index (χ0v) is 13.9. The van der Waals surface area contributed by atoms with Crippen molar-refractivity contribution >= 4 is 5.97 Å². The average molecular weight is 297 g/mol. The normalized spacial score (nSPS) is 22.3. The van der Waals surface area contributed by atoms with E-state index >= 15 is 0 Å². The number of hydrogen-bond donors (Lipinski definition) is 2.